The number of rotatable bonds is 22. The predicted octanol–water partition coefficient (Wildman–Crippen LogP) is 6.75. The second-order valence-corrected chi connectivity index (χ2v) is 26.8. The molecule has 2 heterocycles. The molecule has 0 spiro atoms. The lowest BCUT2D eigenvalue weighted by molar-refractivity contribution is -0.438. The first kappa shape index (κ1) is 59.1. The Morgan fingerprint density at radius 3 is 2.00 bits per heavy atom. The van der Waals surface area contributed by atoms with E-state index in [-0.39, 0.29) is 50.8 Å². The number of fused-ring (bicyclic) bond motifs is 2. The number of carbonyl (C=O) groups excluding carboxylic acids is 1. The lowest BCUT2D eigenvalue weighted by atomic mass is 9.81. The number of hydrogen-bond acceptors (Lipinski definition) is 16. The molecule has 0 radical (unpaired) electrons. The van der Waals surface area contributed by atoms with Crippen molar-refractivity contribution in [2.24, 2.45) is 0 Å². The van der Waals surface area contributed by atoms with Crippen LogP contribution in [0.3, 0.4) is 0 Å². The second-order valence-electron chi connectivity index (χ2n) is 18.6. The van der Waals surface area contributed by atoms with Gasteiger partial charge in [0.2, 0.25) is 5.69 Å². The Balaban J connectivity index is 1.54. The van der Waals surface area contributed by atoms with Crippen molar-refractivity contribution in [1.82, 2.24) is 0 Å². The van der Waals surface area contributed by atoms with Gasteiger partial charge in [-0.3, -0.25) is 32.4 Å². The number of allylic oxidation sites excluding steroid dienone is 6. The third-order valence-electron chi connectivity index (χ3n) is 12.9. The van der Waals surface area contributed by atoms with E-state index in [1.54, 1.807) is 61.3 Å². The van der Waals surface area contributed by atoms with E-state index < -0.39 is 105 Å². The first-order chi connectivity index (χ1) is 34.7. The van der Waals surface area contributed by atoms with Gasteiger partial charge in [-0.05, 0) is 117 Å². The Bertz CT molecular complexity index is 3600. The highest BCUT2D eigenvalue weighted by molar-refractivity contribution is 7.94. The molecule has 7 N–H and O–H groups in total. The number of hydrogen-bond donors (Lipinski definition) is 7. The summed E-state index contributed by atoms with van der Waals surface area (Å²) in [6.45, 7) is 16.2. The average molecular weight is 1160 g/mol. The molecule has 75 heavy (non-hydrogen) atoms. The van der Waals surface area contributed by atoms with E-state index in [0.29, 0.717) is 69.0 Å². The second kappa shape index (κ2) is 22.4. The molecule has 1 unspecified atom stereocenters. The minimum absolute atomic E-state index is 0.0372. The van der Waals surface area contributed by atoms with Crippen LogP contribution in [0, 0.1) is 6.57 Å². The lowest BCUT2D eigenvalue weighted by Gasteiger charge is -2.27. The van der Waals surface area contributed by atoms with Crippen LogP contribution >= 0.6 is 12.0 Å². The number of nitrogens with one attached hydrogen (secondary N) is 1. The first-order valence-electron chi connectivity index (χ1n) is 22.5. The monoisotopic (exact) mass is 1160 g/mol. The fourth-order valence-corrected chi connectivity index (χ4v) is 12.6. The summed E-state index contributed by atoms with van der Waals surface area (Å²) in [5, 5.41) is 14.8. The van der Waals surface area contributed by atoms with Crippen LogP contribution in [0.15, 0.2) is 121 Å². The van der Waals surface area contributed by atoms with Gasteiger partial charge >= 0.3 is 11.9 Å². The Hall–Kier alpha value is -5.17. The maximum atomic E-state index is 14.5. The molecule has 0 aromatic heterocycles. The third kappa shape index (κ3) is 13.9. The molecule has 2 aliphatic heterocycles. The van der Waals surface area contributed by atoms with Crippen molar-refractivity contribution in [2.75, 3.05) is 34.8 Å². The number of nitrogens with zero attached hydrogens (tertiary/aromatic N) is 3. The van der Waals surface area contributed by atoms with Crippen LogP contribution < -0.4 is 10.2 Å². The highest BCUT2D eigenvalue weighted by Crippen LogP contribution is 2.49. The largest absolute Gasteiger partial charge is 0.344 e. The van der Waals surface area contributed by atoms with Crippen LogP contribution in [0.5, 0.6) is 0 Å². The van der Waals surface area contributed by atoms with Crippen molar-refractivity contribution >= 4 is 91.3 Å². The van der Waals surface area contributed by atoms with Crippen LogP contribution in [0.25, 0.3) is 4.85 Å². The van der Waals surface area contributed by atoms with E-state index in [0.717, 1.165) is 17.6 Å². The minimum Gasteiger partial charge on any atom is -0.344 e. The normalized spacial score (nSPS) is 18.3. The zero-order valence-corrected chi connectivity index (χ0v) is 45.3. The number of anilines is 2. The molecule has 23 nitrogen and oxygen atoms in total. The summed E-state index contributed by atoms with van der Waals surface area (Å²) < 4.78 is 175. The smallest absolute Gasteiger partial charge is 0.326 e. The fourth-order valence-electron chi connectivity index (χ4n) is 9.42. The molecule has 1 amide bonds. The highest BCUT2D eigenvalue weighted by atomic mass is 32.2. The van der Waals surface area contributed by atoms with Crippen LogP contribution in [0.1, 0.15) is 77.3 Å². The highest BCUT2D eigenvalue weighted by Gasteiger charge is 2.46. The minimum atomic E-state index is -5.16. The summed E-state index contributed by atoms with van der Waals surface area (Å²) >= 11 is 0.724. The van der Waals surface area contributed by atoms with Crippen LogP contribution in [0.4, 0.5) is 17.1 Å². The molecule has 1 aliphatic carbocycles. The van der Waals surface area contributed by atoms with Crippen LogP contribution in [-0.4, -0.2) is 117 Å². The van der Waals surface area contributed by atoms with Crippen molar-refractivity contribution in [2.45, 2.75) is 103 Å². The molecule has 0 bridgehead atoms. The summed E-state index contributed by atoms with van der Waals surface area (Å²) in [5.41, 5.74) is 1.92. The van der Waals surface area contributed by atoms with Gasteiger partial charge in [0, 0.05) is 52.4 Å². The number of unbranched alkanes of at least 4 members (excludes halogenated alkanes) is 2. The third-order valence-corrected chi connectivity index (χ3v) is 17.7. The molecule has 6 rings (SSSR count). The van der Waals surface area contributed by atoms with E-state index in [4.69, 9.17) is 11.8 Å². The van der Waals surface area contributed by atoms with Gasteiger partial charge in [-0.25, -0.2) is 11.8 Å². The maximum absolute atomic E-state index is 14.5. The van der Waals surface area contributed by atoms with Gasteiger partial charge in [0.05, 0.1) is 50.0 Å². The van der Waals surface area contributed by atoms with Crippen molar-refractivity contribution < 1.29 is 88.9 Å². The van der Waals surface area contributed by atoms with E-state index in [9.17, 15) is 69.6 Å². The Labute approximate surface area is 439 Å². The van der Waals surface area contributed by atoms with Crippen molar-refractivity contribution in [3.63, 3.8) is 0 Å². The molecule has 0 saturated carbocycles. The molecule has 0 fully saturated rings. The standard InChI is InChI=1S/C46H52N4O19S6/c1-45(2)34-26-31(70-69-68-52)14-17-37(34)49(22-6-8-24-71(53,54)55)40(45)20-12-29-10-11-30(42(29)43(47-5)44(51)48-36-28-33(74(62,63)64)16-19-39(36)75(65,66)67)13-21-41-46(3,4)35-27-32(73(59,60)61)15-18-38(35)50(41)23-7-9-25-72(56,57)58/h12-21,26-28,43H,6-11,22-25H2,1-4H3,(H6-,48,51,52,53,54,55,56,57,58,59,60,61,62,63,64,65,66,67)/p+1. The first-order valence-corrected chi connectivity index (χ1v) is 30.8. The van der Waals surface area contributed by atoms with Gasteiger partial charge < -0.3 is 10.2 Å². The SMILES string of the molecule is [C-]#[N+]C(C(=O)Nc1cc(S(=O)(=O)O)ccc1S(=O)(=O)O)C1=C(C=CC2=[N+](CCCCS(=O)(=O)O)c3ccc(SOOO)cc3C2(C)C)CCC1=C/C=C1/N(CCCCS(=O)(=O)O)c2ccc(S(=O)(=O)O)cc2C1(C)C. The number of benzene rings is 3. The van der Waals surface area contributed by atoms with Gasteiger partial charge in [0.25, 0.3) is 50.6 Å². The summed E-state index contributed by atoms with van der Waals surface area (Å²) in [5.74, 6) is -2.22. The molecule has 1 atom stereocenters. The Morgan fingerprint density at radius 2 is 1.40 bits per heavy atom. The molecule has 0 saturated heterocycles. The van der Waals surface area contributed by atoms with Gasteiger partial charge in [-0.1, -0.05) is 31.0 Å². The molecule has 406 valence electrons. The van der Waals surface area contributed by atoms with Crippen molar-refractivity contribution in [3.05, 3.63) is 124 Å². The van der Waals surface area contributed by atoms with Gasteiger partial charge in [-0.15, -0.1) is 4.33 Å². The fraction of sp³-hybridized carbons (Fsp3) is 0.370. The van der Waals surface area contributed by atoms with E-state index >= 15 is 0 Å². The molecule has 29 heteroatoms. The van der Waals surface area contributed by atoms with E-state index in [1.807, 2.05) is 18.4 Å². The average Bonchev–Trinajstić information content (AvgIpc) is 3.86. The van der Waals surface area contributed by atoms with E-state index in [2.05, 4.69) is 19.5 Å². The summed E-state index contributed by atoms with van der Waals surface area (Å²) in [6.07, 6.45) is 7.73. The zero-order valence-electron chi connectivity index (χ0n) is 40.4. The summed E-state index contributed by atoms with van der Waals surface area (Å²) in [7, 11) is -23.4. The summed E-state index contributed by atoms with van der Waals surface area (Å²) in [6, 6.07) is 9.33. The maximum Gasteiger partial charge on any atom is 0.326 e. The summed E-state index contributed by atoms with van der Waals surface area (Å²) in [4.78, 5) is 18.3. The zero-order chi connectivity index (χ0) is 55.7. The molecule has 3 aromatic rings. The van der Waals surface area contributed by atoms with Gasteiger partial charge in [0.15, 0.2) is 5.71 Å². The Morgan fingerprint density at radius 1 is 0.773 bits per heavy atom. The van der Waals surface area contributed by atoms with Crippen LogP contribution in [-0.2, 0) is 75.6 Å². The number of amides is 1. The van der Waals surface area contributed by atoms with E-state index in [1.165, 1.54) is 18.2 Å². The van der Waals surface area contributed by atoms with Gasteiger partial charge in [-0.2, -0.15) is 46.7 Å². The van der Waals surface area contributed by atoms with Gasteiger partial charge in [0.1, 0.15) is 11.4 Å². The number of carbonyl (C=O) groups is 1. The predicted molar refractivity (Wildman–Crippen MR) is 275 cm³/mol. The molecular weight excluding hydrogens is 1100 g/mol. The van der Waals surface area contributed by atoms with Crippen LogP contribution in [0.2, 0.25) is 0 Å². The molecule has 3 aromatic carbocycles. The quantitative estimate of drug-likeness (QED) is 0.0104. The topological polar surface area (TPSA) is 350 Å². The Kier molecular flexibility index (Phi) is 17.7. The molecular formula is C46H53N4O19S6+. The van der Waals surface area contributed by atoms with Crippen molar-refractivity contribution in [1.29, 1.82) is 0 Å². The lowest BCUT2D eigenvalue weighted by Crippen LogP contribution is -2.29. The molecule has 3 aliphatic rings. The van der Waals surface area contributed by atoms with Crippen molar-refractivity contribution in [3.8, 4) is 0 Å².